The van der Waals surface area contributed by atoms with Crippen molar-refractivity contribution in [2.75, 3.05) is 31.6 Å². The molecular formula is C15H19N3O3S. The number of hydrogen-bond acceptors (Lipinski definition) is 5. The first kappa shape index (κ1) is 15.3. The van der Waals surface area contributed by atoms with E-state index in [2.05, 4.69) is 11.4 Å². The van der Waals surface area contributed by atoms with Crippen molar-refractivity contribution in [2.45, 2.75) is 32.5 Å². The molecule has 2 aliphatic rings. The SMILES string of the molecule is CC1(C)Cc2c(sc(NC(=O)N3CCOCC3)c2C#N)CO1. The number of anilines is 1. The number of amides is 2. The quantitative estimate of drug-likeness (QED) is 0.861. The molecule has 1 aromatic rings. The van der Waals surface area contributed by atoms with E-state index in [0.29, 0.717) is 49.9 Å². The van der Waals surface area contributed by atoms with Gasteiger partial charge in [0.15, 0.2) is 0 Å². The lowest BCUT2D eigenvalue weighted by Crippen LogP contribution is -2.43. The van der Waals surface area contributed by atoms with Crippen LogP contribution >= 0.6 is 11.3 Å². The minimum Gasteiger partial charge on any atom is -0.378 e. The van der Waals surface area contributed by atoms with E-state index in [1.54, 1.807) is 4.90 Å². The third-order valence-electron chi connectivity index (χ3n) is 3.92. The van der Waals surface area contributed by atoms with Crippen LogP contribution in [0.4, 0.5) is 9.80 Å². The molecule has 6 nitrogen and oxygen atoms in total. The minimum absolute atomic E-state index is 0.168. The van der Waals surface area contributed by atoms with Gasteiger partial charge in [-0.3, -0.25) is 5.32 Å². The summed E-state index contributed by atoms with van der Waals surface area (Å²) in [6.45, 7) is 6.80. The smallest absolute Gasteiger partial charge is 0.322 e. The molecule has 0 spiro atoms. The molecule has 0 bridgehead atoms. The number of rotatable bonds is 1. The van der Waals surface area contributed by atoms with E-state index in [4.69, 9.17) is 9.47 Å². The van der Waals surface area contributed by atoms with Gasteiger partial charge in [-0.2, -0.15) is 5.26 Å². The Labute approximate surface area is 133 Å². The van der Waals surface area contributed by atoms with E-state index in [1.807, 2.05) is 13.8 Å². The number of morpholine rings is 1. The van der Waals surface area contributed by atoms with Crippen LogP contribution in [0.15, 0.2) is 0 Å². The standard InChI is InChI=1S/C15H19N3O3S/c1-15(2)7-10-11(8-16)13(22-12(10)9-21-15)17-14(19)18-3-5-20-6-4-18/h3-7,9H2,1-2H3,(H,17,19). The number of fused-ring (bicyclic) bond motifs is 1. The average Bonchev–Trinajstić information content (AvgIpc) is 2.83. The maximum absolute atomic E-state index is 12.3. The first-order valence-electron chi connectivity index (χ1n) is 7.32. The van der Waals surface area contributed by atoms with E-state index in [0.717, 1.165) is 10.4 Å². The zero-order valence-electron chi connectivity index (χ0n) is 12.8. The molecule has 1 N–H and O–H groups in total. The summed E-state index contributed by atoms with van der Waals surface area (Å²) in [5.41, 5.74) is 1.32. The van der Waals surface area contributed by atoms with Crippen molar-refractivity contribution >= 4 is 22.4 Å². The maximum atomic E-state index is 12.3. The summed E-state index contributed by atoms with van der Waals surface area (Å²) < 4.78 is 11.0. The molecule has 0 radical (unpaired) electrons. The monoisotopic (exact) mass is 321 g/mol. The molecule has 3 rings (SSSR count). The highest BCUT2D eigenvalue weighted by Gasteiger charge is 2.32. The summed E-state index contributed by atoms with van der Waals surface area (Å²) in [5.74, 6) is 0. The number of ether oxygens (including phenoxy) is 2. The third-order valence-corrected chi connectivity index (χ3v) is 5.04. The highest BCUT2D eigenvalue weighted by Crippen LogP contribution is 2.40. The second-order valence-electron chi connectivity index (χ2n) is 6.07. The fourth-order valence-electron chi connectivity index (χ4n) is 2.70. The van der Waals surface area contributed by atoms with Crippen LogP contribution in [0.2, 0.25) is 0 Å². The highest BCUT2D eigenvalue weighted by molar-refractivity contribution is 7.16. The van der Waals surface area contributed by atoms with Crippen molar-refractivity contribution < 1.29 is 14.3 Å². The lowest BCUT2D eigenvalue weighted by Gasteiger charge is -2.29. The van der Waals surface area contributed by atoms with Crippen LogP contribution < -0.4 is 5.32 Å². The van der Waals surface area contributed by atoms with Gasteiger partial charge in [0, 0.05) is 24.4 Å². The molecule has 0 aromatic carbocycles. The van der Waals surface area contributed by atoms with Crippen LogP contribution in [-0.2, 0) is 22.5 Å². The Kier molecular flexibility index (Phi) is 4.08. The molecule has 0 saturated carbocycles. The molecule has 1 fully saturated rings. The lowest BCUT2D eigenvalue weighted by atomic mass is 9.93. The van der Waals surface area contributed by atoms with Gasteiger partial charge >= 0.3 is 6.03 Å². The van der Waals surface area contributed by atoms with Crippen molar-refractivity contribution in [3.8, 4) is 6.07 Å². The molecule has 0 unspecified atom stereocenters. The lowest BCUT2D eigenvalue weighted by molar-refractivity contribution is -0.0383. The van der Waals surface area contributed by atoms with E-state index < -0.39 is 0 Å². The number of nitrogens with one attached hydrogen (secondary N) is 1. The van der Waals surface area contributed by atoms with Gasteiger partial charge in [0.05, 0.1) is 31.0 Å². The summed E-state index contributed by atoms with van der Waals surface area (Å²) in [4.78, 5) is 15.0. The second kappa shape index (κ2) is 5.88. The van der Waals surface area contributed by atoms with Crippen molar-refractivity contribution in [1.29, 1.82) is 5.26 Å². The number of nitriles is 1. The van der Waals surface area contributed by atoms with Crippen LogP contribution in [0.5, 0.6) is 0 Å². The Morgan fingerprint density at radius 3 is 2.82 bits per heavy atom. The Morgan fingerprint density at radius 2 is 2.14 bits per heavy atom. The molecular weight excluding hydrogens is 302 g/mol. The van der Waals surface area contributed by atoms with Gasteiger partial charge in [0.2, 0.25) is 0 Å². The number of nitrogens with zero attached hydrogens (tertiary/aromatic N) is 2. The van der Waals surface area contributed by atoms with Crippen molar-refractivity contribution in [3.63, 3.8) is 0 Å². The number of thiophene rings is 1. The fraction of sp³-hybridized carbons (Fsp3) is 0.600. The molecule has 2 amide bonds. The van der Waals surface area contributed by atoms with Gasteiger partial charge in [-0.15, -0.1) is 11.3 Å². The molecule has 7 heteroatoms. The largest absolute Gasteiger partial charge is 0.378 e. The average molecular weight is 321 g/mol. The number of urea groups is 1. The zero-order chi connectivity index (χ0) is 15.7. The van der Waals surface area contributed by atoms with Crippen LogP contribution in [0.3, 0.4) is 0 Å². The Balaban J connectivity index is 1.81. The molecule has 0 atom stereocenters. The highest BCUT2D eigenvalue weighted by atomic mass is 32.1. The number of carbonyl (C=O) groups excluding carboxylic acids is 1. The molecule has 1 aromatic heterocycles. The van der Waals surface area contributed by atoms with Crippen molar-refractivity contribution in [3.05, 3.63) is 16.0 Å². The van der Waals surface area contributed by atoms with Crippen LogP contribution in [0, 0.1) is 11.3 Å². The van der Waals surface area contributed by atoms with Gasteiger partial charge < -0.3 is 14.4 Å². The Bertz CT molecular complexity index is 627. The maximum Gasteiger partial charge on any atom is 0.322 e. The topological polar surface area (TPSA) is 74.6 Å². The van der Waals surface area contributed by atoms with Crippen molar-refractivity contribution in [2.24, 2.45) is 0 Å². The summed E-state index contributed by atoms with van der Waals surface area (Å²) in [5, 5.41) is 13.0. The summed E-state index contributed by atoms with van der Waals surface area (Å²) >= 11 is 1.44. The molecule has 1 saturated heterocycles. The first-order valence-corrected chi connectivity index (χ1v) is 8.14. The van der Waals surface area contributed by atoms with Gasteiger partial charge in [0.1, 0.15) is 11.1 Å². The normalized spacial score (nSPS) is 20.1. The summed E-state index contributed by atoms with van der Waals surface area (Å²) in [7, 11) is 0. The summed E-state index contributed by atoms with van der Waals surface area (Å²) in [6, 6.07) is 2.08. The van der Waals surface area contributed by atoms with E-state index in [1.165, 1.54) is 11.3 Å². The van der Waals surface area contributed by atoms with Gasteiger partial charge in [-0.25, -0.2) is 4.79 Å². The second-order valence-corrected chi connectivity index (χ2v) is 7.18. The van der Waals surface area contributed by atoms with Crippen LogP contribution in [-0.4, -0.2) is 42.8 Å². The van der Waals surface area contributed by atoms with Crippen LogP contribution in [0.1, 0.15) is 29.9 Å². The first-order chi connectivity index (χ1) is 10.5. The Hall–Kier alpha value is -1.62. The summed E-state index contributed by atoms with van der Waals surface area (Å²) in [6.07, 6.45) is 0.690. The Morgan fingerprint density at radius 1 is 1.41 bits per heavy atom. The number of carbonyl (C=O) groups is 1. The van der Waals surface area contributed by atoms with E-state index >= 15 is 0 Å². The van der Waals surface area contributed by atoms with E-state index in [-0.39, 0.29) is 11.6 Å². The fourth-order valence-corrected chi connectivity index (χ4v) is 3.77. The molecule has 2 aliphatic heterocycles. The number of hydrogen-bond donors (Lipinski definition) is 1. The van der Waals surface area contributed by atoms with E-state index in [9.17, 15) is 10.1 Å². The zero-order valence-corrected chi connectivity index (χ0v) is 13.6. The van der Waals surface area contributed by atoms with Gasteiger partial charge in [-0.1, -0.05) is 0 Å². The minimum atomic E-state index is -0.273. The van der Waals surface area contributed by atoms with Crippen LogP contribution in [0.25, 0.3) is 0 Å². The molecule has 0 aliphatic carbocycles. The van der Waals surface area contributed by atoms with Crippen molar-refractivity contribution in [1.82, 2.24) is 4.90 Å². The predicted molar refractivity (Wildman–Crippen MR) is 83.0 cm³/mol. The molecule has 3 heterocycles. The molecule has 118 valence electrons. The van der Waals surface area contributed by atoms with Gasteiger partial charge in [-0.05, 0) is 19.4 Å². The molecule has 22 heavy (non-hydrogen) atoms. The predicted octanol–water partition coefficient (Wildman–Crippen LogP) is 2.34. The van der Waals surface area contributed by atoms with Gasteiger partial charge in [0.25, 0.3) is 0 Å². The third kappa shape index (κ3) is 2.95.